The van der Waals surface area contributed by atoms with Gasteiger partial charge in [0.05, 0.1) is 5.60 Å². The van der Waals surface area contributed by atoms with E-state index < -0.39 is 5.60 Å². The van der Waals surface area contributed by atoms with Gasteiger partial charge in [-0.25, -0.2) is 0 Å². The second kappa shape index (κ2) is 6.62. The predicted molar refractivity (Wildman–Crippen MR) is 48.7 cm³/mol. The first-order valence-electron chi connectivity index (χ1n) is 4.28. The Labute approximate surface area is 69.9 Å². The van der Waals surface area contributed by atoms with Crippen LogP contribution in [0.3, 0.4) is 0 Å². The summed E-state index contributed by atoms with van der Waals surface area (Å²) < 4.78 is 0. The Hall–Kier alpha value is -0.0800. The SMILES string of the molecule is CCCCCCC(C)(C)O.O. The normalized spacial score (nSPS) is 10.9. The van der Waals surface area contributed by atoms with Gasteiger partial charge in [-0.15, -0.1) is 0 Å². The van der Waals surface area contributed by atoms with Crippen LogP contribution in [-0.4, -0.2) is 16.2 Å². The minimum atomic E-state index is -0.451. The van der Waals surface area contributed by atoms with Crippen LogP contribution in [0.25, 0.3) is 0 Å². The van der Waals surface area contributed by atoms with Crippen molar-refractivity contribution in [2.24, 2.45) is 0 Å². The Morgan fingerprint density at radius 1 is 1.09 bits per heavy atom. The number of unbranched alkanes of at least 4 members (excludes halogenated alkanes) is 3. The molecule has 0 atom stereocenters. The summed E-state index contributed by atoms with van der Waals surface area (Å²) in [6, 6.07) is 0. The van der Waals surface area contributed by atoms with Gasteiger partial charge in [-0.2, -0.15) is 0 Å². The fourth-order valence-corrected chi connectivity index (χ4v) is 0.984. The van der Waals surface area contributed by atoms with Gasteiger partial charge in [0.1, 0.15) is 0 Å². The van der Waals surface area contributed by atoms with Crippen LogP contribution in [0.1, 0.15) is 52.9 Å². The Balaban J connectivity index is 0. The van der Waals surface area contributed by atoms with E-state index in [9.17, 15) is 5.11 Å². The lowest BCUT2D eigenvalue weighted by Gasteiger charge is -2.15. The molecule has 0 rings (SSSR count). The molecule has 2 nitrogen and oxygen atoms in total. The lowest BCUT2D eigenvalue weighted by molar-refractivity contribution is 0.0680. The fourth-order valence-electron chi connectivity index (χ4n) is 0.984. The summed E-state index contributed by atoms with van der Waals surface area (Å²) in [5.41, 5.74) is -0.451. The molecule has 0 radical (unpaired) electrons. The maximum Gasteiger partial charge on any atom is 0.0591 e. The lowest BCUT2D eigenvalue weighted by atomic mass is 10.0. The highest BCUT2D eigenvalue weighted by Crippen LogP contribution is 2.13. The molecule has 0 amide bonds. The number of hydrogen-bond acceptors (Lipinski definition) is 1. The van der Waals surface area contributed by atoms with E-state index in [0.29, 0.717) is 0 Å². The standard InChI is InChI=1S/C9H20O.H2O/c1-4-5-6-7-8-9(2,3)10;/h10H,4-8H2,1-3H3;1H2. The fraction of sp³-hybridized carbons (Fsp3) is 1.00. The van der Waals surface area contributed by atoms with Crippen molar-refractivity contribution in [1.82, 2.24) is 0 Å². The second-order valence-corrected chi connectivity index (χ2v) is 3.62. The molecule has 0 bridgehead atoms. The van der Waals surface area contributed by atoms with Crippen LogP contribution < -0.4 is 0 Å². The first-order chi connectivity index (χ1) is 4.56. The number of aliphatic hydroxyl groups is 1. The molecule has 0 unspecified atom stereocenters. The van der Waals surface area contributed by atoms with Gasteiger partial charge in [0.2, 0.25) is 0 Å². The van der Waals surface area contributed by atoms with Crippen LogP contribution >= 0.6 is 0 Å². The maximum absolute atomic E-state index is 9.32. The summed E-state index contributed by atoms with van der Waals surface area (Å²) in [5, 5.41) is 9.32. The van der Waals surface area contributed by atoms with Gasteiger partial charge in [-0.1, -0.05) is 32.6 Å². The quantitative estimate of drug-likeness (QED) is 0.617. The molecule has 0 aromatic carbocycles. The average molecular weight is 162 g/mol. The zero-order chi connectivity index (χ0) is 8.04. The summed E-state index contributed by atoms with van der Waals surface area (Å²) in [7, 11) is 0. The highest BCUT2D eigenvalue weighted by molar-refractivity contribution is 4.63. The molecule has 0 heterocycles. The molecule has 3 N–H and O–H groups in total. The largest absolute Gasteiger partial charge is 0.412 e. The molecule has 0 aromatic rings. The van der Waals surface area contributed by atoms with Crippen LogP contribution in [0.15, 0.2) is 0 Å². The molecular formula is C9H22O2. The smallest absolute Gasteiger partial charge is 0.0591 e. The average Bonchev–Trinajstić information content (AvgIpc) is 1.78. The third-order valence-electron chi connectivity index (χ3n) is 1.64. The highest BCUT2D eigenvalue weighted by atomic mass is 16.3. The van der Waals surface area contributed by atoms with Crippen molar-refractivity contribution in [1.29, 1.82) is 0 Å². The first-order valence-corrected chi connectivity index (χ1v) is 4.28. The number of rotatable bonds is 5. The van der Waals surface area contributed by atoms with E-state index >= 15 is 0 Å². The van der Waals surface area contributed by atoms with Gasteiger partial charge in [0.25, 0.3) is 0 Å². The zero-order valence-corrected chi connectivity index (χ0v) is 7.98. The Kier molecular flexibility index (Phi) is 8.13. The van der Waals surface area contributed by atoms with Crippen molar-refractivity contribution in [2.45, 2.75) is 58.5 Å². The van der Waals surface area contributed by atoms with E-state index in [1.54, 1.807) is 0 Å². The van der Waals surface area contributed by atoms with Crippen LogP contribution in [0, 0.1) is 0 Å². The Morgan fingerprint density at radius 2 is 1.64 bits per heavy atom. The van der Waals surface area contributed by atoms with Gasteiger partial charge in [-0.05, 0) is 20.3 Å². The monoisotopic (exact) mass is 162 g/mol. The minimum absolute atomic E-state index is 0. The summed E-state index contributed by atoms with van der Waals surface area (Å²) in [4.78, 5) is 0. The molecule has 0 aliphatic rings. The number of hydrogen-bond donors (Lipinski definition) is 1. The molecule has 11 heavy (non-hydrogen) atoms. The second-order valence-electron chi connectivity index (χ2n) is 3.62. The van der Waals surface area contributed by atoms with Crippen molar-refractivity contribution < 1.29 is 10.6 Å². The summed E-state index contributed by atoms with van der Waals surface area (Å²) in [6.45, 7) is 5.95. The van der Waals surface area contributed by atoms with Crippen molar-refractivity contribution in [3.8, 4) is 0 Å². The maximum atomic E-state index is 9.32. The minimum Gasteiger partial charge on any atom is -0.412 e. The molecule has 2 heteroatoms. The summed E-state index contributed by atoms with van der Waals surface area (Å²) >= 11 is 0. The van der Waals surface area contributed by atoms with E-state index in [2.05, 4.69) is 6.92 Å². The summed E-state index contributed by atoms with van der Waals surface area (Å²) in [6.07, 6.45) is 5.94. The first kappa shape index (κ1) is 13.5. The van der Waals surface area contributed by atoms with Crippen molar-refractivity contribution in [3.05, 3.63) is 0 Å². The Morgan fingerprint density at radius 3 is 2.00 bits per heavy atom. The van der Waals surface area contributed by atoms with E-state index in [-0.39, 0.29) is 5.48 Å². The summed E-state index contributed by atoms with van der Waals surface area (Å²) in [5.74, 6) is 0. The van der Waals surface area contributed by atoms with Crippen LogP contribution in [-0.2, 0) is 0 Å². The molecule has 0 aromatic heterocycles. The zero-order valence-electron chi connectivity index (χ0n) is 7.98. The molecule has 0 spiro atoms. The molecular weight excluding hydrogens is 140 g/mol. The Bertz CT molecular complexity index is 74.1. The van der Waals surface area contributed by atoms with Crippen LogP contribution in [0.2, 0.25) is 0 Å². The third kappa shape index (κ3) is 13.0. The molecule has 0 saturated carbocycles. The van der Waals surface area contributed by atoms with Gasteiger partial charge < -0.3 is 10.6 Å². The van der Waals surface area contributed by atoms with Gasteiger partial charge in [0.15, 0.2) is 0 Å². The molecule has 70 valence electrons. The van der Waals surface area contributed by atoms with Crippen molar-refractivity contribution >= 4 is 0 Å². The highest BCUT2D eigenvalue weighted by Gasteiger charge is 2.10. The topological polar surface area (TPSA) is 51.7 Å². The van der Waals surface area contributed by atoms with E-state index in [1.807, 2.05) is 13.8 Å². The van der Waals surface area contributed by atoms with Gasteiger partial charge in [0, 0.05) is 0 Å². The molecule has 0 fully saturated rings. The van der Waals surface area contributed by atoms with Crippen LogP contribution in [0.4, 0.5) is 0 Å². The van der Waals surface area contributed by atoms with Gasteiger partial charge in [-0.3, -0.25) is 0 Å². The molecule has 0 aliphatic heterocycles. The van der Waals surface area contributed by atoms with Crippen molar-refractivity contribution in [3.63, 3.8) is 0 Å². The molecule has 0 aliphatic carbocycles. The van der Waals surface area contributed by atoms with Crippen molar-refractivity contribution in [2.75, 3.05) is 0 Å². The van der Waals surface area contributed by atoms with Crippen LogP contribution in [0.5, 0.6) is 0 Å². The predicted octanol–water partition coefficient (Wildman–Crippen LogP) is 1.90. The van der Waals surface area contributed by atoms with Gasteiger partial charge >= 0.3 is 0 Å². The van der Waals surface area contributed by atoms with E-state index in [0.717, 1.165) is 12.8 Å². The molecule has 0 saturated heterocycles. The lowest BCUT2D eigenvalue weighted by Crippen LogP contribution is -2.17. The van der Waals surface area contributed by atoms with E-state index in [1.165, 1.54) is 19.3 Å². The van der Waals surface area contributed by atoms with E-state index in [4.69, 9.17) is 0 Å². The third-order valence-corrected chi connectivity index (χ3v) is 1.64.